The maximum absolute atomic E-state index is 10.6. The highest BCUT2D eigenvalue weighted by Gasteiger charge is 2.12. The number of hydrogen-bond donors (Lipinski definition) is 6. The van der Waals surface area contributed by atoms with Gasteiger partial charge >= 0.3 is 0 Å². The van der Waals surface area contributed by atoms with Crippen LogP contribution in [0.15, 0.2) is 30.5 Å². The summed E-state index contributed by atoms with van der Waals surface area (Å²) in [5.41, 5.74) is 1.55. The van der Waals surface area contributed by atoms with Crippen molar-refractivity contribution < 1.29 is 30.1 Å². The molecular weight excluding hydrogens is 332 g/mol. The number of H-pyrrole nitrogens is 1. The molecule has 0 amide bonds. The summed E-state index contributed by atoms with van der Waals surface area (Å²) in [4.78, 5) is 14.7. The van der Waals surface area contributed by atoms with Crippen molar-refractivity contribution in [3.05, 3.63) is 36.0 Å². The Hall–Kier alpha value is -1.58. The molecule has 1 heterocycles. The number of aromatic nitrogens is 1. The van der Waals surface area contributed by atoms with Gasteiger partial charge in [-0.25, -0.2) is 0 Å². The Morgan fingerprint density at radius 1 is 1.12 bits per heavy atom. The van der Waals surface area contributed by atoms with Gasteiger partial charge in [-0.05, 0) is 11.6 Å². The molecule has 1 unspecified atom stereocenters. The second kappa shape index (κ2) is 11.1. The highest BCUT2D eigenvalue weighted by Crippen LogP contribution is 2.27. The van der Waals surface area contributed by atoms with E-state index in [0.717, 1.165) is 15.8 Å². The number of carboxylic acids is 1. The van der Waals surface area contributed by atoms with Crippen molar-refractivity contribution in [1.29, 1.82) is 0 Å². The molecule has 0 aliphatic carbocycles. The molecule has 2 rings (SSSR count). The van der Waals surface area contributed by atoms with Crippen LogP contribution < -0.4 is 10.0 Å². The van der Waals surface area contributed by atoms with Gasteiger partial charge in [-0.2, -0.15) is 12.6 Å². The molecule has 5 N–H and O–H groups in total. The molecule has 0 saturated heterocycles. The molecule has 0 spiro atoms. The second-order valence-electron chi connectivity index (χ2n) is 5.18. The zero-order chi connectivity index (χ0) is 17.9. The van der Waals surface area contributed by atoms with Gasteiger partial charge in [-0.3, -0.25) is 0 Å². The smallest absolute Gasteiger partial charge is 0.101 e. The van der Waals surface area contributed by atoms with Crippen molar-refractivity contribution in [2.75, 3.05) is 39.5 Å². The maximum Gasteiger partial charge on any atom is 0.101 e. The highest BCUT2D eigenvalue weighted by molar-refractivity contribution is 7.81. The molecule has 0 aliphatic rings. The van der Waals surface area contributed by atoms with Gasteiger partial charge < -0.3 is 35.1 Å². The summed E-state index contributed by atoms with van der Waals surface area (Å²) >= 11 is 3.97. The summed E-state index contributed by atoms with van der Waals surface area (Å²) in [5.74, 6) is -1.18. The average Bonchev–Trinajstić information content (AvgIpc) is 2.99. The minimum Gasteiger partial charge on any atom is -0.549 e. The summed E-state index contributed by atoms with van der Waals surface area (Å²) in [6.07, 6.45) is 1.65. The number of para-hydroxylation sites is 1. The van der Waals surface area contributed by atoms with E-state index < -0.39 is 11.2 Å². The lowest BCUT2D eigenvalue weighted by molar-refractivity contribution is -0.901. The molecule has 8 heteroatoms. The molecule has 0 aliphatic heterocycles. The number of aliphatic hydroxyl groups is 3. The average molecular weight is 356 g/mol. The third kappa shape index (κ3) is 6.14. The van der Waals surface area contributed by atoms with Crippen LogP contribution in [0.4, 0.5) is 0 Å². The van der Waals surface area contributed by atoms with Crippen molar-refractivity contribution in [2.24, 2.45) is 0 Å². The van der Waals surface area contributed by atoms with Crippen LogP contribution in [0.1, 0.15) is 10.8 Å². The van der Waals surface area contributed by atoms with Crippen LogP contribution in [0.3, 0.4) is 0 Å². The quantitative estimate of drug-likeness (QED) is 0.298. The largest absolute Gasteiger partial charge is 0.549 e. The van der Waals surface area contributed by atoms with Gasteiger partial charge in [0, 0.05) is 17.1 Å². The normalized spacial score (nSPS) is 12.0. The van der Waals surface area contributed by atoms with E-state index in [4.69, 9.17) is 15.3 Å². The molecule has 0 radical (unpaired) electrons. The van der Waals surface area contributed by atoms with Crippen molar-refractivity contribution in [1.82, 2.24) is 4.98 Å². The van der Waals surface area contributed by atoms with Crippen molar-refractivity contribution in [2.45, 2.75) is 5.25 Å². The first-order chi connectivity index (χ1) is 11.5. The molecule has 7 nitrogen and oxygen atoms in total. The minimum absolute atomic E-state index is 0.106. The monoisotopic (exact) mass is 356 g/mol. The zero-order valence-electron chi connectivity index (χ0n) is 13.3. The lowest BCUT2D eigenvalue weighted by Crippen LogP contribution is -3.13. The first-order valence-electron chi connectivity index (χ1n) is 7.66. The van der Waals surface area contributed by atoms with Crippen LogP contribution >= 0.6 is 12.6 Å². The first-order valence-corrected chi connectivity index (χ1v) is 8.17. The minimum atomic E-state index is -1.18. The van der Waals surface area contributed by atoms with Gasteiger partial charge in [0.2, 0.25) is 0 Å². The predicted molar refractivity (Wildman–Crippen MR) is 91.9 cm³/mol. The Balaban J connectivity index is 0.000000257. The Morgan fingerprint density at radius 2 is 1.67 bits per heavy atom. The van der Waals surface area contributed by atoms with Crippen LogP contribution in [0, 0.1) is 0 Å². The number of aromatic amines is 1. The number of benzene rings is 1. The Kier molecular flexibility index (Phi) is 9.43. The van der Waals surface area contributed by atoms with Gasteiger partial charge in [0.15, 0.2) is 0 Å². The van der Waals surface area contributed by atoms with Crippen LogP contribution in [0.25, 0.3) is 10.9 Å². The molecule has 134 valence electrons. The fourth-order valence-corrected chi connectivity index (χ4v) is 2.51. The fraction of sp³-hybridized carbons (Fsp3) is 0.438. The zero-order valence-corrected chi connectivity index (χ0v) is 14.2. The number of hydrogen-bond acceptors (Lipinski definition) is 6. The van der Waals surface area contributed by atoms with Gasteiger partial charge in [-0.15, -0.1) is 0 Å². The Morgan fingerprint density at radius 3 is 2.17 bits per heavy atom. The molecule has 24 heavy (non-hydrogen) atoms. The summed E-state index contributed by atoms with van der Waals surface area (Å²) in [5, 5.41) is 36.1. The fourth-order valence-electron chi connectivity index (χ4n) is 2.30. The topological polar surface area (TPSA) is 121 Å². The van der Waals surface area contributed by atoms with Gasteiger partial charge in [0.25, 0.3) is 0 Å². The maximum atomic E-state index is 10.6. The van der Waals surface area contributed by atoms with Crippen LogP contribution in [0.2, 0.25) is 0 Å². The van der Waals surface area contributed by atoms with E-state index in [1.807, 2.05) is 24.3 Å². The van der Waals surface area contributed by atoms with Gasteiger partial charge in [0.05, 0.1) is 31.0 Å². The summed E-state index contributed by atoms with van der Waals surface area (Å²) in [6.45, 7) is 2.11. The van der Waals surface area contributed by atoms with E-state index in [-0.39, 0.29) is 19.8 Å². The van der Waals surface area contributed by atoms with Crippen molar-refractivity contribution in [3.63, 3.8) is 0 Å². The number of carbonyl (C=O) groups excluding carboxylic acids is 1. The number of nitrogens with one attached hydrogen (secondary N) is 2. The van der Waals surface area contributed by atoms with E-state index in [1.54, 1.807) is 6.20 Å². The lowest BCUT2D eigenvalue weighted by atomic mass is 10.1. The molecule has 1 aromatic carbocycles. The van der Waals surface area contributed by atoms with E-state index in [0.29, 0.717) is 25.2 Å². The van der Waals surface area contributed by atoms with Crippen molar-refractivity contribution in [3.8, 4) is 0 Å². The third-order valence-electron chi connectivity index (χ3n) is 3.54. The number of fused-ring (bicyclic) bond motifs is 1. The Labute approximate surface area is 146 Å². The molecule has 2 aromatic rings. The number of carboxylic acid groups (broad SMARTS) is 1. The van der Waals surface area contributed by atoms with E-state index in [1.165, 1.54) is 0 Å². The number of thiol groups is 1. The molecule has 0 fully saturated rings. The third-order valence-corrected chi connectivity index (χ3v) is 4.02. The summed E-state index contributed by atoms with van der Waals surface area (Å²) in [7, 11) is 0. The van der Waals surface area contributed by atoms with E-state index in [2.05, 4.69) is 17.6 Å². The number of aliphatic carboxylic acids is 1. The number of carbonyl (C=O) groups is 1. The van der Waals surface area contributed by atoms with Crippen LogP contribution in [0.5, 0.6) is 0 Å². The SMILES string of the molecule is O=C([O-])C(S)c1c[nH]c2ccccc12.OCC[NH+](CCO)CCO. The number of rotatable bonds is 8. The van der Waals surface area contributed by atoms with Gasteiger partial charge in [-0.1, -0.05) is 18.2 Å². The Bertz CT molecular complexity index is 605. The second-order valence-corrected chi connectivity index (χ2v) is 5.70. The standard InChI is InChI=1S/C10H9NO2S.C6H15NO3/c12-10(13)9(14)7-5-11-8-4-2-1-3-6(7)8;8-4-1-7(2-5-9)3-6-10/h1-5,9,11,14H,(H,12,13);8-10H,1-6H2. The molecule has 0 saturated carbocycles. The molecular formula is C16H24N2O5S. The van der Waals surface area contributed by atoms with E-state index in [9.17, 15) is 9.90 Å². The molecule has 1 atom stereocenters. The summed E-state index contributed by atoms with van der Waals surface area (Å²) in [6, 6.07) is 7.48. The van der Waals surface area contributed by atoms with Crippen LogP contribution in [-0.4, -0.2) is 65.7 Å². The van der Waals surface area contributed by atoms with Crippen LogP contribution in [-0.2, 0) is 4.79 Å². The lowest BCUT2D eigenvalue weighted by Gasteiger charge is -2.15. The van der Waals surface area contributed by atoms with E-state index >= 15 is 0 Å². The predicted octanol–water partition coefficient (Wildman–Crippen LogP) is -2.26. The molecule has 0 bridgehead atoms. The highest BCUT2D eigenvalue weighted by atomic mass is 32.1. The molecule has 1 aromatic heterocycles. The first kappa shape index (κ1) is 20.5. The number of quaternary nitrogens is 1. The van der Waals surface area contributed by atoms with Gasteiger partial charge in [0.1, 0.15) is 19.6 Å². The summed E-state index contributed by atoms with van der Waals surface area (Å²) < 4.78 is 0. The van der Waals surface area contributed by atoms with Crippen molar-refractivity contribution >= 4 is 29.5 Å². The number of aliphatic hydroxyl groups excluding tert-OH is 3.